The Balaban J connectivity index is 1.90. The van der Waals surface area contributed by atoms with Gasteiger partial charge >= 0.3 is 0 Å². The second kappa shape index (κ2) is 2.17. The summed E-state index contributed by atoms with van der Waals surface area (Å²) in [6, 6.07) is 0. The van der Waals surface area contributed by atoms with Gasteiger partial charge in [-0.1, -0.05) is 0 Å². The van der Waals surface area contributed by atoms with Crippen molar-refractivity contribution in [1.82, 2.24) is 5.01 Å². The lowest BCUT2D eigenvalue weighted by atomic mass is 10.2. The summed E-state index contributed by atoms with van der Waals surface area (Å²) >= 11 is 0. The Morgan fingerprint density at radius 2 is 2.09 bits per heavy atom. The van der Waals surface area contributed by atoms with E-state index in [-0.39, 0.29) is 6.10 Å². The fraction of sp³-hybridized carbons (Fsp3) is 1.00. The number of aliphatic hydroxyl groups excluding tert-OH is 1. The molecule has 4 atom stereocenters. The first-order chi connectivity index (χ1) is 5.24. The first-order valence-corrected chi connectivity index (χ1v) is 4.00. The largest absolute Gasteiger partial charge is 0.393 e. The molecule has 2 aliphatic rings. The van der Waals surface area contributed by atoms with Crippen molar-refractivity contribution in [2.24, 2.45) is 23.0 Å². The van der Waals surface area contributed by atoms with Crippen molar-refractivity contribution in [3.8, 4) is 0 Å². The third-order valence-corrected chi connectivity index (χ3v) is 2.91. The van der Waals surface area contributed by atoms with Crippen molar-refractivity contribution in [3.63, 3.8) is 0 Å². The molecule has 0 amide bonds. The van der Waals surface area contributed by atoms with E-state index in [0.717, 1.165) is 13.1 Å². The van der Waals surface area contributed by atoms with Gasteiger partial charge in [-0.15, -0.1) is 4.91 Å². The van der Waals surface area contributed by atoms with Crippen molar-refractivity contribution in [2.75, 3.05) is 13.1 Å². The van der Waals surface area contributed by atoms with E-state index in [9.17, 15) is 10.0 Å². The minimum absolute atomic E-state index is 0.209. The first-order valence-electron chi connectivity index (χ1n) is 4.00. The van der Waals surface area contributed by atoms with Gasteiger partial charge in [0.15, 0.2) is 0 Å². The van der Waals surface area contributed by atoms with Crippen LogP contribution < -0.4 is 0 Å². The van der Waals surface area contributed by atoms with Gasteiger partial charge in [-0.25, -0.2) is 0 Å². The topological polar surface area (TPSA) is 52.9 Å². The van der Waals surface area contributed by atoms with Crippen LogP contribution in [-0.4, -0.2) is 29.3 Å². The fourth-order valence-electron chi connectivity index (χ4n) is 2.33. The smallest absolute Gasteiger partial charge is 0.0547 e. The van der Waals surface area contributed by atoms with E-state index in [0.29, 0.717) is 17.8 Å². The standard InChI is InChI=1S/C7H12N2O2/c1-4(10)7-5-2-9(8-11)3-6(5)7/h4-7,10H,2-3H2,1H3/t4?,5-,6+,7?. The van der Waals surface area contributed by atoms with Gasteiger partial charge in [0, 0.05) is 13.1 Å². The zero-order chi connectivity index (χ0) is 8.01. The summed E-state index contributed by atoms with van der Waals surface area (Å²) in [5.41, 5.74) is 0. The summed E-state index contributed by atoms with van der Waals surface area (Å²) in [6.07, 6.45) is -0.209. The molecule has 1 heterocycles. The average molecular weight is 156 g/mol. The Morgan fingerprint density at radius 1 is 1.55 bits per heavy atom. The minimum Gasteiger partial charge on any atom is -0.393 e. The van der Waals surface area contributed by atoms with Gasteiger partial charge in [0.2, 0.25) is 0 Å². The van der Waals surface area contributed by atoms with Gasteiger partial charge in [0.25, 0.3) is 0 Å². The van der Waals surface area contributed by atoms with Crippen LogP contribution in [0.3, 0.4) is 0 Å². The third kappa shape index (κ3) is 0.929. The zero-order valence-corrected chi connectivity index (χ0v) is 6.47. The van der Waals surface area contributed by atoms with Crippen LogP contribution in [0, 0.1) is 22.7 Å². The van der Waals surface area contributed by atoms with E-state index >= 15 is 0 Å². The van der Waals surface area contributed by atoms with Crippen molar-refractivity contribution in [3.05, 3.63) is 4.91 Å². The molecule has 1 aliphatic heterocycles. The molecule has 4 nitrogen and oxygen atoms in total. The number of aliphatic hydroxyl groups is 1. The van der Waals surface area contributed by atoms with Gasteiger partial charge in [-0.2, -0.15) is 0 Å². The molecule has 11 heavy (non-hydrogen) atoms. The van der Waals surface area contributed by atoms with E-state index in [1.807, 2.05) is 6.92 Å². The molecule has 1 N–H and O–H groups in total. The van der Waals surface area contributed by atoms with E-state index in [2.05, 4.69) is 5.29 Å². The number of hydrogen-bond donors (Lipinski definition) is 1. The predicted octanol–water partition coefficient (Wildman–Crippen LogP) is 0.226. The van der Waals surface area contributed by atoms with E-state index < -0.39 is 0 Å². The summed E-state index contributed by atoms with van der Waals surface area (Å²) < 4.78 is 0. The summed E-state index contributed by atoms with van der Waals surface area (Å²) in [5, 5.41) is 13.6. The highest BCUT2D eigenvalue weighted by atomic mass is 16.3. The molecule has 0 aromatic heterocycles. The molecule has 1 saturated carbocycles. The summed E-state index contributed by atoms with van der Waals surface area (Å²) in [4.78, 5) is 10.1. The predicted molar refractivity (Wildman–Crippen MR) is 39.5 cm³/mol. The number of rotatable bonds is 2. The average Bonchev–Trinajstić information content (AvgIpc) is 2.48. The summed E-state index contributed by atoms with van der Waals surface area (Å²) in [7, 11) is 0. The molecular weight excluding hydrogens is 144 g/mol. The van der Waals surface area contributed by atoms with Crippen LogP contribution in [0.1, 0.15) is 6.92 Å². The molecule has 0 aromatic rings. The Hall–Kier alpha value is -0.640. The molecule has 0 aromatic carbocycles. The number of nitrogens with zero attached hydrogens (tertiary/aromatic N) is 2. The van der Waals surface area contributed by atoms with Gasteiger partial charge in [-0.05, 0) is 24.7 Å². The molecule has 62 valence electrons. The lowest BCUT2D eigenvalue weighted by molar-refractivity contribution is 0.141. The zero-order valence-electron chi connectivity index (χ0n) is 6.47. The quantitative estimate of drug-likeness (QED) is 0.582. The lowest BCUT2D eigenvalue weighted by Gasteiger charge is -2.12. The molecule has 1 saturated heterocycles. The van der Waals surface area contributed by atoms with Crippen LogP contribution in [0.25, 0.3) is 0 Å². The van der Waals surface area contributed by atoms with Crippen molar-refractivity contribution < 1.29 is 5.11 Å². The fourth-order valence-corrected chi connectivity index (χ4v) is 2.33. The maximum atomic E-state index is 10.1. The Bertz CT molecular complexity index is 171. The molecule has 4 heteroatoms. The van der Waals surface area contributed by atoms with Crippen LogP contribution in [-0.2, 0) is 0 Å². The number of nitroso groups, excluding NO2 is 1. The van der Waals surface area contributed by atoms with E-state index in [4.69, 9.17) is 0 Å². The number of fused-ring (bicyclic) bond motifs is 1. The lowest BCUT2D eigenvalue weighted by Crippen LogP contribution is -2.21. The second-order valence-electron chi connectivity index (χ2n) is 3.60. The maximum absolute atomic E-state index is 10.1. The van der Waals surface area contributed by atoms with Crippen LogP contribution in [0.5, 0.6) is 0 Å². The molecule has 0 spiro atoms. The maximum Gasteiger partial charge on any atom is 0.0547 e. The van der Waals surface area contributed by atoms with E-state index in [1.165, 1.54) is 0 Å². The Kier molecular flexibility index (Phi) is 1.39. The molecular formula is C7H12N2O2. The van der Waals surface area contributed by atoms with Gasteiger partial charge < -0.3 is 5.11 Å². The van der Waals surface area contributed by atoms with Crippen molar-refractivity contribution in [2.45, 2.75) is 13.0 Å². The third-order valence-electron chi connectivity index (χ3n) is 2.91. The highest BCUT2D eigenvalue weighted by molar-refractivity contribution is 5.06. The molecule has 2 rings (SSSR count). The molecule has 1 aliphatic carbocycles. The number of piperidine rings is 1. The Labute approximate surface area is 65.1 Å². The molecule has 2 fully saturated rings. The minimum atomic E-state index is -0.209. The Morgan fingerprint density at radius 3 is 2.45 bits per heavy atom. The van der Waals surface area contributed by atoms with Crippen LogP contribution in [0.4, 0.5) is 0 Å². The van der Waals surface area contributed by atoms with Crippen LogP contribution in [0.2, 0.25) is 0 Å². The summed E-state index contributed by atoms with van der Waals surface area (Å²) in [6.45, 7) is 3.33. The van der Waals surface area contributed by atoms with Crippen molar-refractivity contribution >= 4 is 0 Å². The monoisotopic (exact) mass is 156 g/mol. The first kappa shape index (κ1) is 7.03. The van der Waals surface area contributed by atoms with Gasteiger partial charge in [0.1, 0.15) is 0 Å². The van der Waals surface area contributed by atoms with Crippen LogP contribution >= 0.6 is 0 Å². The van der Waals surface area contributed by atoms with E-state index in [1.54, 1.807) is 5.01 Å². The molecule has 0 bridgehead atoms. The second-order valence-corrected chi connectivity index (χ2v) is 3.60. The summed E-state index contributed by atoms with van der Waals surface area (Å²) in [5.74, 6) is 1.51. The normalized spacial score (nSPS) is 43.5. The molecule has 0 radical (unpaired) electrons. The van der Waals surface area contributed by atoms with Crippen molar-refractivity contribution in [1.29, 1.82) is 0 Å². The SMILES string of the molecule is CC(O)C1[C@H]2CN(N=O)C[C@@H]12. The number of hydrogen-bond acceptors (Lipinski definition) is 3. The highest BCUT2D eigenvalue weighted by Gasteiger charge is 2.57. The highest BCUT2D eigenvalue weighted by Crippen LogP contribution is 2.53. The van der Waals surface area contributed by atoms with Gasteiger partial charge in [-0.3, -0.25) is 5.01 Å². The van der Waals surface area contributed by atoms with Gasteiger partial charge in [0.05, 0.1) is 11.4 Å². The molecule has 2 unspecified atom stereocenters. The van der Waals surface area contributed by atoms with Crippen LogP contribution in [0.15, 0.2) is 5.29 Å².